The molecule has 0 heterocycles. The van der Waals surface area contributed by atoms with Crippen molar-refractivity contribution in [2.45, 2.75) is 23.9 Å². The molecule has 0 rings (SSSR count). The van der Waals surface area contributed by atoms with Crippen molar-refractivity contribution in [2.75, 3.05) is 6.61 Å². The molecule has 0 aliphatic rings. The van der Waals surface area contributed by atoms with Crippen LogP contribution in [0.25, 0.3) is 0 Å². The quantitative estimate of drug-likeness (QED) is 0.348. The summed E-state index contributed by atoms with van der Waals surface area (Å²) in [4.78, 5) is 11.2. The van der Waals surface area contributed by atoms with Gasteiger partial charge in [-0.1, -0.05) is 40.5 Å². The van der Waals surface area contributed by atoms with Crippen LogP contribution in [0.4, 0.5) is 0 Å². The number of hydrogen-bond acceptors (Lipinski definition) is 3. The molecule has 0 aromatic heterocycles. The Kier molecular flexibility index (Phi) is 6.68. The van der Waals surface area contributed by atoms with Gasteiger partial charge in [0.05, 0.1) is 6.61 Å². The van der Waals surface area contributed by atoms with Gasteiger partial charge in [0.1, 0.15) is 10.8 Å². The third-order valence-electron chi connectivity index (χ3n) is 1.22. The lowest BCUT2D eigenvalue weighted by molar-refractivity contribution is -0.137. The number of ether oxygens (including phenoxy) is 1. The van der Waals surface area contributed by atoms with Crippen molar-refractivity contribution in [3.63, 3.8) is 0 Å². The second-order valence-corrected chi connectivity index (χ2v) is 7.40. The average Bonchev–Trinajstić information content (AvgIpc) is 2.11. The SMILES string of the molecule is CCOC(=O)C(=C=C(C)C)S(=O)C(Cl)(Cl)Cl. The fourth-order valence-corrected chi connectivity index (χ4v) is 2.15. The maximum atomic E-state index is 11.7. The first kappa shape index (κ1) is 16.0. The van der Waals surface area contributed by atoms with Crippen LogP contribution in [0.2, 0.25) is 0 Å². The number of alkyl halides is 3. The summed E-state index contributed by atoms with van der Waals surface area (Å²) in [6.07, 6.45) is 0. The fraction of sp³-hybridized carbons (Fsp3) is 0.556. The number of hydrogen-bond donors (Lipinski definition) is 0. The molecule has 0 fully saturated rings. The molecule has 16 heavy (non-hydrogen) atoms. The normalized spacial score (nSPS) is 12.6. The van der Waals surface area contributed by atoms with E-state index in [1.807, 2.05) is 0 Å². The van der Waals surface area contributed by atoms with Crippen molar-refractivity contribution in [1.82, 2.24) is 0 Å². The Morgan fingerprint density at radius 1 is 1.38 bits per heavy atom. The molecule has 0 N–H and O–H groups in total. The largest absolute Gasteiger partial charge is 0.461 e. The van der Waals surface area contributed by atoms with Gasteiger partial charge in [-0.3, -0.25) is 0 Å². The van der Waals surface area contributed by atoms with Crippen molar-refractivity contribution in [3.05, 3.63) is 16.2 Å². The third-order valence-corrected chi connectivity index (χ3v) is 3.54. The number of esters is 1. The predicted octanol–water partition coefficient (Wildman–Crippen LogP) is 3.07. The summed E-state index contributed by atoms with van der Waals surface area (Å²) in [5.41, 5.74) is 3.21. The smallest absolute Gasteiger partial charge is 0.355 e. The van der Waals surface area contributed by atoms with Gasteiger partial charge >= 0.3 is 5.97 Å². The first-order valence-corrected chi connectivity index (χ1v) is 6.58. The van der Waals surface area contributed by atoms with E-state index in [-0.39, 0.29) is 11.5 Å². The molecule has 0 aromatic rings. The molecule has 0 saturated heterocycles. The standard InChI is InChI=1S/C9H11Cl3O3S/c1-4-15-8(13)7(5-6(2)3)16(14)9(10,11)12/h4H2,1-3H3. The Morgan fingerprint density at radius 2 is 1.88 bits per heavy atom. The zero-order chi connectivity index (χ0) is 12.9. The highest BCUT2D eigenvalue weighted by molar-refractivity contribution is 7.95. The highest BCUT2D eigenvalue weighted by atomic mass is 35.6. The van der Waals surface area contributed by atoms with Gasteiger partial charge in [-0.25, -0.2) is 9.00 Å². The van der Waals surface area contributed by atoms with Crippen molar-refractivity contribution in [3.8, 4) is 0 Å². The van der Waals surface area contributed by atoms with Crippen LogP contribution in [0, 0.1) is 0 Å². The Balaban J connectivity index is 5.40. The lowest BCUT2D eigenvalue weighted by Crippen LogP contribution is -2.20. The molecule has 0 aromatic carbocycles. The monoisotopic (exact) mass is 304 g/mol. The van der Waals surface area contributed by atoms with Gasteiger partial charge in [0.25, 0.3) is 3.12 Å². The van der Waals surface area contributed by atoms with E-state index in [0.717, 1.165) is 0 Å². The Bertz CT molecular complexity index is 361. The lowest BCUT2D eigenvalue weighted by atomic mass is 10.4. The fourth-order valence-electron chi connectivity index (χ4n) is 0.712. The van der Waals surface area contributed by atoms with Crippen LogP contribution in [0.5, 0.6) is 0 Å². The van der Waals surface area contributed by atoms with E-state index in [4.69, 9.17) is 39.5 Å². The zero-order valence-electron chi connectivity index (χ0n) is 8.97. The van der Waals surface area contributed by atoms with Gasteiger partial charge in [0.2, 0.25) is 0 Å². The average molecular weight is 306 g/mol. The molecule has 7 heteroatoms. The highest BCUT2D eigenvalue weighted by Crippen LogP contribution is 2.34. The maximum absolute atomic E-state index is 11.7. The summed E-state index contributed by atoms with van der Waals surface area (Å²) in [5.74, 6) is -0.798. The van der Waals surface area contributed by atoms with Gasteiger partial charge in [-0.05, 0) is 26.3 Å². The third kappa shape index (κ3) is 5.37. The summed E-state index contributed by atoms with van der Waals surface area (Å²) in [6.45, 7) is 5.11. The zero-order valence-corrected chi connectivity index (χ0v) is 12.1. The summed E-state index contributed by atoms with van der Waals surface area (Å²) in [7, 11) is -2.12. The van der Waals surface area contributed by atoms with Crippen LogP contribution in [0.3, 0.4) is 0 Å². The predicted molar refractivity (Wildman–Crippen MR) is 67.0 cm³/mol. The van der Waals surface area contributed by atoms with Crippen molar-refractivity contribution >= 4 is 51.6 Å². The summed E-state index contributed by atoms with van der Waals surface area (Å²) in [5, 5.41) is 0. The molecule has 0 aliphatic carbocycles. The highest BCUT2D eigenvalue weighted by Gasteiger charge is 2.35. The number of halogens is 3. The van der Waals surface area contributed by atoms with Gasteiger partial charge in [-0.2, -0.15) is 0 Å². The van der Waals surface area contributed by atoms with Crippen LogP contribution in [-0.2, 0) is 20.3 Å². The van der Waals surface area contributed by atoms with Crippen molar-refractivity contribution in [1.29, 1.82) is 0 Å². The topological polar surface area (TPSA) is 43.4 Å². The molecular weight excluding hydrogens is 295 g/mol. The summed E-state index contributed by atoms with van der Waals surface area (Å²) >= 11 is 16.4. The van der Waals surface area contributed by atoms with Crippen molar-refractivity contribution in [2.24, 2.45) is 0 Å². The van der Waals surface area contributed by atoms with E-state index in [1.54, 1.807) is 20.8 Å². The van der Waals surface area contributed by atoms with Gasteiger partial charge in [0.15, 0.2) is 4.91 Å². The molecule has 0 radical (unpaired) electrons. The number of carbonyl (C=O) groups excluding carboxylic acids is 1. The molecule has 0 aliphatic heterocycles. The number of rotatable bonds is 3. The van der Waals surface area contributed by atoms with Gasteiger partial charge < -0.3 is 4.74 Å². The molecule has 0 spiro atoms. The van der Waals surface area contributed by atoms with E-state index < -0.39 is 19.9 Å². The van der Waals surface area contributed by atoms with Gasteiger partial charge in [-0.15, -0.1) is 0 Å². The van der Waals surface area contributed by atoms with Crippen LogP contribution >= 0.6 is 34.8 Å². The number of carbonyl (C=O) groups is 1. The van der Waals surface area contributed by atoms with Crippen LogP contribution < -0.4 is 0 Å². The first-order chi connectivity index (χ1) is 7.20. The van der Waals surface area contributed by atoms with Crippen molar-refractivity contribution < 1.29 is 13.7 Å². The van der Waals surface area contributed by atoms with Crippen LogP contribution in [0.15, 0.2) is 16.2 Å². The van der Waals surface area contributed by atoms with Gasteiger partial charge in [0, 0.05) is 0 Å². The first-order valence-electron chi connectivity index (χ1n) is 4.30. The second-order valence-electron chi connectivity index (χ2n) is 2.89. The summed E-state index contributed by atoms with van der Waals surface area (Å²) in [6, 6.07) is 0. The van der Waals surface area contributed by atoms with E-state index >= 15 is 0 Å². The molecule has 0 amide bonds. The van der Waals surface area contributed by atoms with E-state index in [0.29, 0.717) is 5.57 Å². The van der Waals surface area contributed by atoms with E-state index in [2.05, 4.69) is 5.73 Å². The molecule has 1 unspecified atom stereocenters. The second kappa shape index (κ2) is 6.67. The molecule has 0 saturated carbocycles. The Labute approximate surface area is 112 Å². The molecule has 1 atom stereocenters. The maximum Gasteiger partial charge on any atom is 0.355 e. The Morgan fingerprint density at radius 3 is 2.19 bits per heavy atom. The minimum atomic E-state index is -2.12. The lowest BCUT2D eigenvalue weighted by Gasteiger charge is -2.11. The van der Waals surface area contributed by atoms with E-state index in [9.17, 15) is 9.00 Å². The van der Waals surface area contributed by atoms with E-state index in [1.165, 1.54) is 0 Å². The minimum Gasteiger partial charge on any atom is -0.461 e. The molecule has 0 bridgehead atoms. The molecule has 92 valence electrons. The van der Waals surface area contributed by atoms with Crippen LogP contribution in [0.1, 0.15) is 20.8 Å². The Hall–Kier alpha value is 0.01000. The molecule has 3 nitrogen and oxygen atoms in total. The minimum absolute atomic E-state index is 0.143. The van der Waals surface area contributed by atoms with Crippen LogP contribution in [-0.4, -0.2) is 19.9 Å². The molecular formula is C9H11Cl3O3S. The summed E-state index contributed by atoms with van der Waals surface area (Å²) < 4.78 is 14.3.